The Labute approximate surface area is 239 Å². The molecule has 0 atom stereocenters. The van der Waals surface area contributed by atoms with Gasteiger partial charge in [0.2, 0.25) is 0 Å². The van der Waals surface area contributed by atoms with Gasteiger partial charge in [0.25, 0.3) is 0 Å². The largest absolute Gasteiger partial charge is 0.294 e. The van der Waals surface area contributed by atoms with Crippen LogP contribution < -0.4 is 0 Å². The van der Waals surface area contributed by atoms with Crippen LogP contribution in [-0.4, -0.2) is 11.6 Å². The van der Waals surface area contributed by atoms with Crippen molar-refractivity contribution in [2.45, 2.75) is 78.1 Å². The van der Waals surface area contributed by atoms with E-state index >= 15 is 0 Å². The molecular weight excluding hydrogens is 488 g/mol. The molecule has 0 bridgehead atoms. The number of carbonyl (C=O) groups excluding carboxylic acids is 2. The van der Waals surface area contributed by atoms with Gasteiger partial charge in [0.15, 0.2) is 11.6 Å². The third kappa shape index (κ3) is 5.87. The number of Topliss-reactive ketones (excluding diaryl/α,β-unsaturated/α-hetero) is 2. The normalized spacial score (nSPS) is 14.6. The summed E-state index contributed by atoms with van der Waals surface area (Å²) in [6.45, 7) is 8.25. The fourth-order valence-electron chi connectivity index (χ4n) is 6.19. The molecule has 4 aromatic carbocycles. The van der Waals surface area contributed by atoms with Crippen molar-refractivity contribution in [3.05, 3.63) is 141 Å². The summed E-state index contributed by atoms with van der Waals surface area (Å²) in [5, 5.41) is 0. The van der Waals surface area contributed by atoms with Crippen LogP contribution in [-0.2, 0) is 18.3 Å². The molecule has 0 heterocycles. The molecule has 2 heteroatoms. The van der Waals surface area contributed by atoms with Gasteiger partial charge >= 0.3 is 0 Å². The van der Waals surface area contributed by atoms with Crippen LogP contribution in [0, 0.1) is 27.7 Å². The van der Waals surface area contributed by atoms with E-state index < -0.39 is 0 Å². The van der Waals surface area contributed by atoms with Crippen molar-refractivity contribution < 1.29 is 9.59 Å². The Balaban J connectivity index is 1.34. The first-order valence-corrected chi connectivity index (χ1v) is 14.6. The lowest BCUT2D eigenvalue weighted by molar-refractivity contribution is 0.0984. The molecule has 4 aromatic rings. The number of ketones is 2. The SMILES string of the molecule is Cc1ccc(C(=O)Cc2ccc(C3(c4ccc(CC(=O)c5ccc(C)c(C)c5)cc4)CCCCC3)cc2)cc1C. The summed E-state index contributed by atoms with van der Waals surface area (Å²) in [5.74, 6) is 0.323. The summed E-state index contributed by atoms with van der Waals surface area (Å²) in [6, 6.07) is 29.5. The molecule has 1 saturated carbocycles. The lowest BCUT2D eigenvalue weighted by Crippen LogP contribution is -2.30. The molecule has 0 saturated heterocycles. The van der Waals surface area contributed by atoms with Gasteiger partial charge in [-0.3, -0.25) is 9.59 Å². The van der Waals surface area contributed by atoms with Crippen molar-refractivity contribution in [1.29, 1.82) is 0 Å². The highest BCUT2D eigenvalue weighted by Gasteiger charge is 2.35. The van der Waals surface area contributed by atoms with Crippen molar-refractivity contribution in [3.63, 3.8) is 0 Å². The first-order valence-electron chi connectivity index (χ1n) is 14.6. The predicted octanol–water partition coefficient (Wildman–Crippen LogP) is 9.02. The Morgan fingerprint density at radius 3 is 1.30 bits per heavy atom. The summed E-state index contributed by atoms with van der Waals surface area (Å²) >= 11 is 0. The van der Waals surface area contributed by atoms with Crippen molar-refractivity contribution >= 4 is 11.6 Å². The average Bonchev–Trinajstić information content (AvgIpc) is 2.97. The maximum atomic E-state index is 13.0. The minimum Gasteiger partial charge on any atom is -0.294 e. The van der Waals surface area contributed by atoms with Crippen molar-refractivity contribution in [1.82, 2.24) is 0 Å². The van der Waals surface area contributed by atoms with Crippen LogP contribution >= 0.6 is 0 Å². The topological polar surface area (TPSA) is 34.1 Å². The van der Waals surface area contributed by atoms with Crippen LogP contribution in [0.4, 0.5) is 0 Å². The average molecular weight is 529 g/mol. The van der Waals surface area contributed by atoms with Gasteiger partial charge in [-0.15, -0.1) is 0 Å². The quantitative estimate of drug-likeness (QED) is 0.214. The highest BCUT2D eigenvalue weighted by molar-refractivity contribution is 5.98. The van der Waals surface area contributed by atoms with Crippen LogP contribution in [0.1, 0.15) is 97.3 Å². The molecule has 0 aliphatic heterocycles. The summed E-state index contributed by atoms with van der Waals surface area (Å²) in [7, 11) is 0. The molecule has 0 spiro atoms. The maximum absolute atomic E-state index is 13.0. The minimum absolute atomic E-state index is 0.0224. The molecule has 0 aromatic heterocycles. The van der Waals surface area contributed by atoms with Gasteiger partial charge in [-0.05, 0) is 97.2 Å². The molecule has 2 nitrogen and oxygen atoms in total. The number of carbonyl (C=O) groups is 2. The van der Waals surface area contributed by atoms with Crippen molar-refractivity contribution in [3.8, 4) is 0 Å². The molecule has 0 unspecified atom stereocenters. The standard InChI is InChI=1S/C38H40O2/c1-26-8-14-32(22-28(26)3)36(39)24-30-10-16-34(17-11-30)38(20-6-5-7-21-38)35-18-12-31(13-19-35)25-37(40)33-15-9-27(2)29(4)23-33/h8-19,22-23H,5-7,20-21,24-25H2,1-4H3. The number of rotatable bonds is 8. The van der Waals surface area contributed by atoms with Gasteiger partial charge in [-0.1, -0.05) is 92.1 Å². The lowest BCUT2D eigenvalue weighted by atomic mass is 9.65. The van der Waals surface area contributed by atoms with Crippen LogP contribution in [0.3, 0.4) is 0 Å². The highest BCUT2D eigenvalue weighted by atomic mass is 16.1. The Morgan fingerprint density at radius 1 is 0.525 bits per heavy atom. The van der Waals surface area contributed by atoms with E-state index in [1.165, 1.54) is 41.5 Å². The van der Waals surface area contributed by atoms with Gasteiger partial charge in [0.05, 0.1) is 0 Å². The first kappa shape index (κ1) is 27.8. The number of benzene rings is 4. The highest BCUT2D eigenvalue weighted by Crippen LogP contribution is 2.45. The Kier molecular flexibility index (Phi) is 8.17. The second-order valence-corrected chi connectivity index (χ2v) is 11.8. The fourth-order valence-corrected chi connectivity index (χ4v) is 6.19. The molecule has 204 valence electrons. The number of hydrogen-bond donors (Lipinski definition) is 0. The van der Waals surface area contributed by atoms with Crippen molar-refractivity contribution in [2.24, 2.45) is 0 Å². The third-order valence-electron chi connectivity index (χ3n) is 9.11. The van der Waals surface area contributed by atoms with Gasteiger partial charge in [0, 0.05) is 29.4 Å². The Hall–Kier alpha value is -3.78. The summed E-state index contributed by atoms with van der Waals surface area (Å²) in [5.41, 5.74) is 11.0. The Morgan fingerprint density at radius 2 is 0.925 bits per heavy atom. The van der Waals surface area contributed by atoms with Crippen LogP contribution in [0.15, 0.2) is 84.9 Å². The van der Waals surface area contributed by atoms with Crippen LogP contribution in [0.5, 0.6) is 0 Å². The molecule has 1 aliphatic carbocycles. The number of aryl methyl sites for hydroxylation is 4. The van der Waals surface area contributed by atoms with E-state index in [4.69, 9.17) is 0 Å². The van der Waals surface area contributed by atoms with E-state index in [0.29, 0.717) is 12.8 Å². The zero-order valence-corrected chi connectivity index (χ0v) is 24.3. The molecule has 0 amide bonds. The van der Waals surface area contributed by atoms with Crippen LogP contribution in [0.25, 0.3) is 0 Å². The fraction of sp³-hybridized carbons (Fsp3) is 0.316. The summed E-state index contributed by atoms with van der Waals surface area (Å²) in [6.07, 6.45) is 6.76. The maximum Gasteiger partial charge on any atom is 0.167 e. The van der Waals surface area contributed by atoms with E-state index in [-0.39, 0.29) is 17.0 Å². The molecule has 1 aliphatic rings. The first-order chi connectivity index (χ1) is 19.2. The monoisotopic (exact) mass is 528 g/mol. The molecule has 40 heavy (non-hydrogen) atoms. The van der Waals surface area contributed by atoms with Gasteiger partial charge in [-0.2, -0.15) is 0 Å². The molecule has 0 N–H and O–H groups in total. The summed E-state index contributed by atoms with van der Waals surface area (Å²) < 4.78 is 0. The van der Waals surface area contributed by atoms with E-state index in [0.717, 1.165) is 46.2 Å². The molecule has 0 radical (unpaired) electrons. The second kappa shape index (κ2) is 11.8. The third-order valence-corrected chi connectivity index (χ3v) is 9.11. The van der Waals surface area contributed by atoms with E-state index in [1.54, 1.807) is 0 Å². The zero-order chi connectivity index (χ0) is 28.3. The predicted molar refractivity (Wildman–Crippen MR) is 165 cm³/mol. The van der Waals surface area contributed by atoms with E-state index in [9.17, 15) is 9.59 Å². The van der Waals surface area contributed by atoms with Gasteiger partial charge < -0.3 is 0 Å². The second-order valence-electron chi connectivity index (χ2n) is 11.8. The van der Waals surface area contributed by atoms with Crippen molar-refractivity contribution in [2.75, 3.05) is 0 Å². The zero-order valence-electron chi connectivity index (χ0n) is 24.3. The summed E-state index contributed by atoms with van der Waals surface area (Å²) in [4.78, 5) is 25.9. The van der Waals surface area contributed by atoms with E-state index in [1.807, 2.05) is 36.4 Å². The minimum atomic E-state index is -0.0224. The van der Waals surface area contributed by atoms with Gasteiger partial charge in [0.1, 0.15) is 0 Å². The van der Waals surface area contributed by atoms with E-state index in [2.05, 4.69) is 76.2 Å². The smallest absolute Gasteiger partial charge is 0.167 e. The molecule has 5 rings (SSSR count). The van der Waals surface area contributed by atoms with Crippen LogP contribution in [0.2, 0.25) is 0 Å². The Bertz CT molecular complexity index is 1410. The lowest BCUT2D eigenvalue weighted by Gasteiger charge is -2.39. The number of hydrogen-bond acceptors (Lipinski definition) is 2. The van der Waals surface area contributed by atoms with Gasteiger partial charge in [-0.25, -0.2) is 0 Å². The molecule has 1 fully saturated rings. The molecular formula is C38H40O2.